The Hall–Kier alpha value is -1.31. The first-order chi connectivity index (χ1) is 7.09. The molecule has 1 aromatic rings. The Labute approximate surface area is 89.9 Å². The molecule has 0 bridgehead atoms. The van der Waals surface area contributed by atoms with Gasteiger partial charge in [0.05, 0.1) is 5.92 Å². The Kier molecular flexibility index (Phi) is 2.51. The van der Waals surface area contributed by atoms with Crippen molar-refractivity contribution in [3.8, 4) is 0 Å². The van der Waals surface area contributed by atoms with E-state index in [0.717, 1.165) is 6.42 Å². The molecule has 2 atom stereocenters. The van der Waals surface area contributed by atoms with Crippen LogP contribution in [0.3, 0.4) is 0 Å². The lowest BCUT2D eigenvalue weighted by atomic mass is 10.00. The van der Waals surface area contributed by atoms with Crippen LogP contribution >= 0.6 is 0 Å². The third-order valence-corrected chi connectivity index (χ3v) is 3.14. The van der Waals surface area contributed by atoms with E-state index in [-0.39, 0.29) is 11.8 Å². The van der Waals surface area contributed by atoms with Gasteiger partial charge in [-0.1, -0.05) is 38.1 Å². The van der Waals surface area contributed by atoms with Crippen molar-refractivity contribution in [3.05, 3.63) is 35.4 Å². The number of carboxylic acids is 1. The first-order valence-corrected chi connectivity index (χ1v) is 5.42. The molecule has 1 aliphatic rings. The summed E-state index contributed by atoms with van der Waals surface area (Å²) in [7, 11) is 0. The fourth-order valence-corrected chi connectivity index (χ4v) is 1.96. The van der Waals surface area contributed by atoms with E-state index in [2.05, 4.69) is 38.1 Å². The monoisotopic (exact) mass is 204 g/mol. The molecule has 2 nitrogen and oxygen atoms in total. The Morgan fingerprint density at radius 3 is 2.33 bits per heavy atom. The fourth-order valence-electron chi connectivity index (χ4n) is 1.96. The molecular weight excluding hydrogens is 188 g/mol. The normalized spacial score (nSPS) is 24.2. The van der Waals surface area contributed by atoms with E-state index in [1.165, 1.54) is 11.1 Å². The summed E-state index contributed by atoms with van der Waals surface area (Å²) < 4.78 is 0. The molecule has 0 aromatic heterocycles. The van der Waals surface area contributed by atoms with E-state index in [9.17, 15) is 4.79 Å². The molecule has 0 unspecified atom stereocenters. The van der Waals surface area contributed by atoms with Gasteiger partial charge in [0.2, 0.25) is 0 Å². The third-order valence-electron chi connectivity index (χ3n) is 3.14. The third kappa shape index (κ3) is 2.04. The van der Waals surface area contributed by atoms with Crippen LogP contribution < -0.4 is 0 Å². The highest BCUT2D eigenvalue weighted by molar-refractivity contribution is 5.75. The Bertz CT molecular complexity index is 365. The molecule has 80 valence electrons. The van der Waals surface area contributed by atoms with E-state index >= 15 is 0 Å². The lowest BCUT2D eigenvalue weighted by Crippen LogP contribution is -1.99. The minimum Gasteiger partial charge on any atom is -0.481 e. The van der Waals surface area contributed by atoms with Crippen molar-refractivity contribution in [1.29, 1.82) is 0 Å². The maximum atomic E-state index is 10.7. The van der Waals surface area contributed by atoms with E-state index < -0.39 is 5.97 Å². The average molecular weight is 204 g/mol. The summed E-state index contributed by atoms with van der Waals surface area (Å²) in [4.78, 5) is 10.7. The predicted octanol–water partition coefficient (Wildman–Crippen LogP) is 3.00. The van der Waals surface area contributed by atoms with Gasteiger partial charge in [-0.15, -0.1) is 0 Å². The summed E-state index contributed by atoms with van der Waals surface area (Å²) in [5.41, 5.74) is 2.48. The molecule has 0 spiro atoms. The number of hydrogen-bond donors (Lipinski definition) is 1. The first kappa shape index (κ1) is 10.2. The van der Waals surface area contributed by atoms with Crippen LogP contribution in [-0.2, 0) is 4.79 Å². The van der Waals surface area contributed by atoms with Crippen molar-refractivity contribution >= 4 is 5.97 Å². The SMILES string of the molecule is CC(C)c1ccc([C@H]2C[C@@H]2C(=O)O)cc1. The van der Waals surface area contributed by atoms with Gasteiger partial charge in [0.25, 0.3) is 0 Å². The molecule has 1 fully saturated rings. The first-order valence-electron chi connectivity index (χ1n) is 5.42. The largest absolute Gasteiger partial charge is 0.481 e. The van der Waals surface area contributed by atoms with Gasteiger partial charge in [0.15, 0.2) is 0 Å². The molecule has 1 N–H and O–H groups in total. The second-order valence-electron chi connectivity index (χ2n) is 4.61. The maximum Gasteiger partial charge on any atom is 0.307 e. The molecule has 1 aromatic carbocycles. The summed E-state index contributed by atoms with van der Waals surface area (Å²) in [6.07, 6.45) is 0.802. The Morgan fingerprint density at radius 2 is 1.93 bits per heavy atom. The zero-order valence-corrected chi connectivity index (χ0v) is 9.10. The van der Waals surface area contributed by atoms with Gasteiger partial charge in [-0.2, -0.15) is 0 Å². The molecule has 15 heavy (non-hydrogen) atoms. The zero-order valence-electron chi connectivity index (χ0n) is 9.10. The van der Waals surface area contributed by atoms with E-state index in [1.54, 1.807) is 0 Å². The fraction of sp³-hybridized carbons (Fsp3) is 0.462. The summed E-state index contributed by atoms with van der Waals surface area (Å²) >= 11 is 0. The van der Waals surface area contributed by atoms with Gasteiger partial charge in [-0.05, 0) is 29.4 Å². The van der Waals surface area contributed by atoms with Crippen molar-refractivity contribution in [2.45, 2.75) is 32.1 Å². The molecule has 0 heterocycles. The smallest absolute Gasteiger partial charge is 0.307 e. The minimum absolute atomic E-state index is 0.144. The van der Waals surface area contributed by atoms with Crippen LogP contribution in [0, 0.1) is 5.92 Å². The van der Waals surface area contributed by atoms with Gasteiger partial charge < -0.3 is 5.11 Å². The summed E-state index contributed by atoms with van der Waals surface area (Å²) in [5.74, 6) is -0.0138. The van der Waals surface area contributed by atoms with Gasteiger partial charge in [0.1, 0.15) is 0 Å². The van der Waals surface area contributed by atoms with Crippen LogP contribution in [-0.4, -0.2) is 11.1 Å². The van der Waals surface area contributed by atoms with Crippen LogP contribution in [0.15, 0.2) is 24.3 Å². The number of hydrogen-bond acceptors (Lipinski definition) is 1. The molecule has 0 aliphatic heterocycles. The quantitative estimate of drug-likeness (QED) is 0.821. The highest BCUT2D eigenvalue weighted by atomic mass is 16.4. The number of aliphatic carboxylic acids is 1. The highest BCUT2D eigenvalue weighted by Gasteiger charge is 2.43. The van der Waals surface area contributed by atoms with Gasteiger partial charge in [-0.25, -0.2) is 0 Å². The van der Waals surface area contributed by atoms with Crippen molar-refractivity contribution in [2.75, 3.05) is 0 Å². The van der Waals surface area contributed by atoms with Crippen LogP contribution in [0.25, 0.3) is 0 Å². The van der Waals surface area contributed by atoms with Gasteiger partial charge >= 0.3 is 5.97 Å². The van der Waals surface area contributed by atoms with E-state index in [1.807, 2.05) is 0 Å². The molecule has 0 radical (unpaired) electrons. The number of rotatable bonds is 3. The summed E-state index contributed by atoms with van der Waals surface area (Å²) in [5, 5.41) is 8.83. The number of carbonyl (C=O) groups is 1. The van der Waals surface area contributed by atoms with Crippen LogP contribution in [0.5, 0.6) is 0 Å². The van der Waals surface area contributed by atoms with Crippen molar-refractivity contribution in [1.82, 2.24) is 0 Å². The highest BCUT2D eigenvalue weighted by Crippen LogP contribution is 2.47. The summed E-state index contributed by atoms with van der Waals surface area (Å²) in [6.45, 7) is 4.32. The predicted molar refractivity (Wildman–Crippen MR) is 59.0 cm³/mol. The molecule has 2 rings (SSSR count). The molecule has 1 saturated carbocycles. The maximum absolute atomic E-state index is 10.7. The standard InChI is InChI=1S/C13H16O2/c1-8(2)9-3-5-10(6-4-9)11-7-12(11)13(14)15/h3-6,8,11-12H,7H2,1-2H3,(H,14,15)/t11-,12+/m1/s1. The summed E-state index contributed by atoms with van der Waals surface area (Å²) in [6, 6.07) is 8.36. The van der Waals surface area contributed by atoms with Crippen molar-refractivity contribution in [3.63, 3.8) is 0 Å². The van der Waals surface area contributed by atoms with Crippen molar-refractivity contribution in [2.24, 2.45) is 5.92 Å². The van der Waals surface area contributed by atoms with Crippen LogP contribution in [0.1, 0.15) is 43.2 Å². The molecular formula is C13H16O2. The molecule has 1 aliphatic carbocycles. The molecule has 0 amide bonds. The van der Waals surface area contributed by atoms with Gasteiger partial charge in [-0.3, -0.25) is 4.79 Å². The van der Waals surface area contributed by atoms with Crippen LogP contribution in [0.2, 0.25) is 0 Å². The molecule has 2 heteroatoms. The lowest BCUT2D eigenvalue weighted by Gasteiger charge is -2.06. The van der Waals surface area contributed by atoms with Gasteiger partial charge in [0, 0.05) is 0 Å². The Morgan fingerprint density at radius 1 is 1.33 bits per heavy atom. The second kappa shape index (κ2) is 3.69. The number of carboxylic acid groups (broad SMARTS) is 1. The second-order valence-corrected chi connectivity index (χ2v) is 4.61. The zero-order chi connectivity index (χ0) is 11.0. The van der Waals surface area contributed by atoms with E-state index in [0.29, 0.717) is 5.92 Å². The topological polar surface area (TPSA) is 37.3 Å². The van der Waals surface area contributed by atoms with E-state index in [4.69, 9.17) is 5.11 Å². The molecule has 0 saturated heterocycles. The van der Waals surface area contributed by atoms with Crippen LogP contribution in [0.4, 0.5) is 0 Å². The Balaban J connectivity index is 2.09. The number of benzene rings is 1. The average Bonchev–Trinajstić information content (AvgIpc) is 2.97. The lowest BCUT2D eigenvalue weighted by molar-refractivity contribution is -0.138. The minimum atomic E-state index is -0.659. The van der Waals surface area contributed by atoms with Crippen molar-refractivity contribution < 1.29 is 9.90 Å².